The maximum Gasteiger partial charge on any atom is 0.334 e. The molecule has 11 heteroatoms. The van der Waals surface area contributed by atoms with Gasteiger partial charge >= 0.3 is 5.69 Å². The highest BCUT2D eigenvalue weighted by molar-refractivity contribution is 7.92. The van der Waals surface area contributed by atoms with Crippen LogP contribution < -0.4 is 15.6 Å². The lowest BCUT2D eigenvalue weighted by Crippen LogP contribution is -2.36. The van der Waals surface area contributed by atoms with Gasteiger partial charge in [-0.1, -0.05) is 24.3 Å². The summed E-state index contributed by atoms with van der Waals surface area (Å²) in [6.45, 7) is 0.332. The maximum absolute atomic E-state index is 13.6. The first-order valence-corrected chi connectivity index (χ1v) is 13.0. The summed E-state index contributed by atoms with van der Waals surface area (Å²) in [5.74, 6) is -0.432. The molecule has 1 N–H and O–H groups in total. The summed E-state index contributed by atoms with van der Waals surface area (Å²) in [5, 5.41) is 4.29. The predicted molar refractivity (Wildman–Crippen MR) is 137 cm³/mol. The van der Waals surface area contributed by atoms with E-state index >= 15 is 0 Å². The summed E-state index contributed by atoms with van der Waals surface area (Å²) in [7, 11) is -3.95. The van der Waals surface area contributed by atoms with Crippen LogP contribution in [0.3, 0.4) is 0 Å². The van der Waals surface area contributed by atoms with Gasteiger partial charge in [0.05, 0.1) is 28.2 Å². The third kappa shape index (κ3) is 3.75. The lowest BCUT2D eigenvalue weighted by Gasteiger charge is -2.30. The lowest BCUT2D eigenvalue weighted by molar-refractivity contribution is 0.586. The highest BCUT2D eigenvalue weighted by Gasteiger charge is 2.29. The minimum Gasteiger partial charge on any atom is -0.291 e. The molecule has 0 fully saturated rings. The van der Waals surface area contributed by atoms with Gasteiger partial charge in [-0.25, -0.2) is 26.9 Å². The first kappa shape index (κ1) is 22.9. The Bertz CT molecular complexity index is 1890. The molecule has 0 amide bonds. The predicted octanol–water partition coefficient (Wildman–Crippen LogP) is 3.15. The van der Waals surface area contributed by atoms with Crippen LogP contribution in [0.15, 0.2) is 93.5 Å². The molecule has 5 aromatic rings. The molecule has 0 unspecified atom stereocenters. The van der Waals surface area contributed by atoms with E-state index in [-0.39, 0.29) is 21.6 Å². The normalized spacial score (nSPS) is 13.6. The van der Waals surface area contributed by atoms with Crippen molar-refractivity contribution >= 4 is 26.7 Å². The molecule has 0 atom stereocenters. The minimum absolute atomic E-state index is 0.0323. The smallest absolute Gasteiger partial charge is 0.291 e. The Morgan fingerprint density at radius 1 is 0.919 bits per heavy atom. The molecule has 3 heterocycles. The van der Waals surface area contributed by atoms with Gasteiger partial charge in [0.15, 0.2) is 5.65 Å². The van der Waals surface area contributed by atoms with Gasteiger partial charge in [0.2, 0.25) is 0 Å². The fraction of sp³-hybridized carbons (Fsp3) is 0.115. The van der Waals surface area contributed by atoms with E-state index < -0.39 is 27.1 Å². The zero-order valence-electron chi connectivity index (χ0n) is 19.3. The molecule has 0 aliphatic carbocycles. The van der Waals surface area contributed by atoms with Crippen molar-refractivity contribution in [2.75, 3.05) is 10.8 Å². The first-order valence-electron chi connectivity index (χ1n) is 11.5. The molecule has 2 aromatic heterocycles. The molecule has 0 radical (unpaired) electrons. The van der Waals surface area contributed by atoms with Crippen molar-refractivity contribution in [3.8, 4) is 11.4 Å². The van der Waals surface area contributed by atoms with E-state index in [2.05, 4.69) is 10.1 Å². The summed E-state index contributed by atoms with van der Waals surface area (Å²) >= 11 is 0. The second-order valence-corrected chi connectivity index (χ2v) is 10.5. The van der Waals surface area contributed by atoms with Crippen LogP contribution in [0.2, 0.25) is 0 Å². The molecule has 0 bridgehead atoms. The number of aryl methyl sites for hydroxylation is 1. The van der Waals surface area contributed by atoms with Crippen LogP contribution in [0.1, 0.15) is 12.0 Å². The lowest BCUT2D eigenvalue weighted by atomic mass is 10.0. The number of rotatable bonds is 4. The Morgan fingerprint density at radius 3 is 2.51 bits per heavy atom. The Hall–Kier alpha value is -4.51. The minimum atomic E-state index is -3.95. The number of hydrogen-bond acceptors (Lipinski definition) is 5. The van der Waals surface area contributed by atoms with Crippen LogP contribution in [0.25, 0.3) is 22.4 Å². The van der Waals surface area contributed by atoms with Gasteiger partial charge in [0.1, 0.15) is 11.2 Å². The zero-order chi connectivity index (χ0) is 25.7. The molecule has 3 aromatic carbocycles. The number of aromatic amines is 1. The fourth-order valence-corrected chi connectivity index (χ4v) is 6.25. The van der Waals surface area contributed by atoms with Crippen molar-refractivity contribution in [2.45, 2.75) is 17.7 Å². The van der Waals surface area contributed by atoms with Crippen molar-refractivity contribution in [3.63, 3.8) is 0 Å². The summed E-state index contributed by atoms with van der Waals surface area (Å²) in [6.07, 6.45) is 2.78. The average molecular weight is 518 g/mol. The molecule has 1 aliphatic heterocycles. The molecule has 186 valence electrons. The monoisotopic (exact) mass is 517 g/mol. The van der Waals surface area contributed by atoms with Gasteiger partial charge in [0, 0.05) is 6.54 Å². The standard InChI is InChI=1S/C26H20FN5O4S/c27-18-10-12-19(13-11-18)32-24-22(16-28-32)25(33)31(26(34)29-24)20-7-3-8-21(15-20)37(35,36)30-14-4-6-17-5-1-2-9-23(17)30/h1-3,5,7-13,15-16H,4,6,14H2,(H,29,34). The van der Waals surface area contributed by atoms with Crippen LogP contribution in [-0.4, -0.2) is 34.3 Å². The van der Waals surface area contributed by atoms with E-state index in [4.69, 9.17) is 0 Å². The molecular formula is C26H20FN5O4S. The van der Waals surface area contributed by atoms with Crippen LogP contribution in [0.4, 0.5) is 10.1 Å². The number of hydrogen-bond donors (Lipinski definition) is 1. The summed E-state index contributed by atoms with van der Waals surface area (Å²) in [5.41, 5.74) is 0.859. The van der Waals surface area contributed by atoms with E-state index in [9.17, 15) is 22.4 Å². The van der Waals surface area contributed by atoms with Crippen LogP contribution in [-0.2, 0) is 16.4 Å². The molecule has 0 saturated carbocycles. The van der Waals surface area contributed by atoms with E-state index in [0.29, 0.717) is 24.3 Å². The van der Waals surface area contributed by atoms with Gasteiger partial charge in [-0.05, 0) is 66.9 Å². The van der Waals surface area contributed by atoms with Gasteiger partial charge in [-0.15, -0.1) is 0 Å². The quantitative estimate of drug-likeness (QED) is 0.394. The third-order valence-electron chi connectivity index (χ3n) is 6.43. The molecule has 1 aliphatic rings. The zero-order valence-corrected chi connectivity index (χ0v) is 20.2. The number of aromatic nitrogens is 4. The van der Waals surface area contributed by atoms with E-state index in [1.54, 1.807) is 12.1 Å². The number of fused-ring (bicyclic) bond motifs is 2. The summed E-state index contributed by atoms with van der Waals surface area (Å²) in [6, 6.07) is 18.5. The van der Waals surface area contributed by atoms with E-state index in [0.717, 1.165) is 16.6 Å². The third-order valence-corrected chi connectivity index (χ3v) is 8.24. The van der Waals surface area contributed by atoms with E-state index in [1.165, 1.54) is 63.7 Å². The van der Waals surface area contributed by atoms with Gasteiger partial charge in [-0.2, -0.15) is 5.10 Å². The Morgan fingerprint density at radius 2 is 1.70 bits per heavy atom. The highest BCUT2D eigenvalue weighted by atomic mass is 32.2. The van der Waals surface area contributed by atoms with Gasteiger partial charge < -0.3 is 0 Å². The number of sulfonamides is 1. The van der Waals surface area contributed by atoms with Gasteiger partial charge in [0.25, 0.3) is 15.6 Å². The molecule has 37 heavy (non-hydrogen) atoms. The van der Waals surface area contributed by atoms with E-state index in [1.807, 2.05) is 12.1 Å². The average Bonchev–Trinajstić information content (AvgIpc) is 3.33. The number of H-pyrrole nitrogens is 1. The Labute approximate surface area is 210 Å². The Balaban J connectivity index is 1.45. The van der Waals surface area contributed by atoms with Crippen molar-refractivity contribution in [1.82, 2.24) is 19.3 Å². The first-order chi connectivity index (χ1) is 17.8. The maximum atomic E-state index is 13.6. The van der Waals surface area contributed by atoms with Crippen molar-refractivity contribution in [2.24, 2.45) is 0 Å². The number of nitrogens with zero attached hydrogens (tertiary/aromatic N) is 4. The molecule has 0 saturated heterocycles. The van der Waals surface area contributed by atoms with Crippen molar-refractivity contribution in [3.05, 3.63) is 111 Å². The number of benzene rings is 3. The largest absolute Gasteiger partial charge is 0.334 e. The van der Waals surface area contributed by atoms with Gasteiger partial charge in [-0.3, -0.25) is 14.1 Å². The van der Waals surface area contributed by atoms with Crippen molar-refractivity contribution in [1.29, 1.82) is 0 Å². The number of nitrogens with one attached hydrogen (secondary N) is 1. The molecule has 9 nitrogen and oxygen atoms in total. The summed E-state index contributed by atoms with van der Waals surface area (Å²) < 4.78 is 44.1. The second-order valence-electron chi connectivity index (χ2n) is 8.67. The highest BCUT2D eigenvalue weighted by Crippen LogP contribution is 2.32. The number of anilines is 1. The van der Waals surface area contributed by atoms with Crippen LogP contribution >= 0.6 is 0 Å². The fourth-order valence-electron chi connectivity index (χ4n) is 4.67. The topological polar surface area (TPSA) is 110 Å². The van der Waals surface area contributed by atoms with Crippen LogP contribution in [0.5, 0.6) is 0 Å². The number of para-hydroxylation sites is 1. The van der Waals surface area contributed by atoms with Crippen LogP contribution in [0, 0.1) is 5.82 Å². The Kier molecular flexibility index (Phi) is 5.30. The SMILES string of the molecule is O=c1[nH]c2c(cnn2-c2ccc(F)cc2)c(=O)n1-c1cccc(S(=O)(=O)N2CCCc3ccccc32)c1. The molecule has 0 spiro atoms. The van der Waals surface area contributed by atoms with Crippen molar-refractivity contribution < 1.29 is 12.8 Å². The summed E-state index contributed by atoms with van der Waals surface area (Å²) in [4.78, 5) is 29.0. The molecule has 6 rings (SSSR count). The number of halogens is 1. The second kappa shape index (κ2) is 8.56. The molecular weight excluding hydrogens is 497 g/mol.